The molecule has 180 valence electrons. The van der Waals surface area contributed by atoms with E-state index < -0.39 is 6.09 Å². The van der Waals surface area contributed by atoms with Crippen molar-refractivity contribution in [1.29, 1.82) is 0 Å². The summed E-state index contributed by atoms with van der Waals surface area (Å²) in [6.45, 7) is 1.03. The van der Waals surface area contributed by atoms with Crippen LogP contribution in [0.25, 0.3) is 10.9 Å². The van der Waals surface area contributed by atoms with Gasteiger partial charge in [0.2, 0.25) is 0 Å². The number of carbonyl (C=O) groups is 1. The van der Waals surface area contributed by atoms with Gasteiger partial charge >= 0.3 is 6.09 Å². The van der Waals surface area contributed by atoms with E-state index in [4.69, 9.17) is 44.3 Å². The van der Waals surface area contributed by atoms with Gasteiger partial charge in [-0.05, 0) is 66.4 Å². The largest absolute Gasteiger partial charge is 0.494 e. The number of fused-ring (bicyclic) bond motifs is 3. The lowest BCUT2D eigenvalue weighted by atomic mass is 9.92. The molecule has 0 saturated heterocycles. The number of halogens is 3. The summed E-state index contributed by atoms with van der Waals surface area (Å²) in [5.41, 5.74) is 4.01. The average Bonchev–Trinajstić information content (AvgIpc) is 3.23. The van der Waals surface area contributed by atoms with Gasteiger partial charge in [-0.25, -0.2) is 4.79 Å². The Hall–Kier alpha value is -2.86. The summed E-state index contributed by atoms with van der Waals surface area (Å²) in [4.78, 5) is 18.7. The van der Waals surface area contributed by atoms with Crippen molar-refractivity contribution in [2.45, 2.75) is 18.9 Å². The van der Waals surface area contributed by atoms with Crippen molar-refractivity contribution in [3.63, 3.8) is 0 Å². The topological polar surface area (TPSA) is 54.6 Å². The Bertz CT molecular complexity index is 1350. The number of aromatic nitrogens is 1. The van der Waals surface area contributed by atoms with Crippen LogP contribution in [0.1, 0.15) is 29.3 Å². The van der Waals surface area contributed by atoms with E-state index in [2.05, 4.69) is 4.98 Å². The summed E-state index contributed by atoms with van der Waals surface area (Å²) in [7, 11) is 0. The zero-order valence-corrected chi connectivity index (χ0v) is 21.0. The number of para-hydroxylation sites is 1. The maximum atomic E-state index is 13.4. The molecule has 1 aliphatic heterocycles. The van der Waals surface area contributed by atoms with Gasteiger partial charge in [0.05, 0.1) is 11.6 Å². The highest BCUT2D eigenvalue weighted by molar-refractivity contribution is 6.32. The monoisotopic (exact) mass is 528 g/mol. The van der Waals surface area contributed by atoms with Gasteiger partial charge in [-0.3, -0.25) is 4.90 Å². The van der Waals surface area contributed by atoms with Crippen molar-refractivity contribution in [3.05, 3.63) is 93.6 Å². The molecule has 2 heterocycles. The molecule has 4 aromatic rings. The maximum Gasteiger partial charge on any atom is 0.416 e. The molecular weight excluding hydrogens is 507 g/mol. The zero-order valence-electron chi connectivity index (χ0n) is 18.8. The number of hydrogen-bond acceptors (Lipinski definition) is 3. The second-order valence-corrected chi connectivity index (χ2v) is 9.53. The molecule has 35 heavy (non-hydrogen) atoms. The molecule has 0 radical (unpaired) electrons. The number of nitrogens with zero attached hydrogens (tertiary/aromatic N) is 1. The van der Waals surface area contributed by atoms with E-state index in [1.165, 1.54) is 0 Å². The van der Waals surface area contributed by atoms with Gasteiger partial charge < -0.3 is 14.5 Å². The summed E-state index contributed by atoms with van der Waals surface area (Å²) in [6, 6.07) is 20.1. The van der Waals surface area contributed by atoms with Crippen LogP contribution in [0.4, 0.5) is 4.79 Å². The fourth-order valence-corrected chi connectivity index (χ4v) is 4.93. The molecule has 3 aromatic carbocycles. The van der Waals surface area contributed by atoms with E-state index in [0.29, 0.717) is 41.2 Å². The fraction of sp³-hybridized carbons (Fsp3) is 0.222. The van der Waals surface area contributed by atoms with Crippen LogP contribution in [0.15, 0.2) is 66.7 Å². The minimum Gasteiger partial charge on any atom is -0.494 e. The summed E-state index contributed by atoms with van der Waals surface area (Å²) in [6.07, 6.45) is 0.978. The molecule has 1 amide bonds. The summed E-state index contributed by atoms with van der Waals surface area (Å²) >= 11 is 18.3. The standard InChI is InChI=1S/C27H23Cl3N2O3/c28-13-3-15-34-19-9-6-17(7-10-19)26-25-20(21-16-18(29)8-11-23(21)31-25)12-14-32(26)27(33)35-24-5-2-1-4-22(24)30/h1-2,4-11,16,26,31H,3,12-15H2. The van der Waals surface area contributed by atoms with E-state index in [1.807, 2.05) is 42.5 Å². The van der Waals surface area contributed by atoms with Crippen LogP contribution in [-0.2, 0) is 6.42 Å². The minimum absolute atomic E-state index is 0.329. The van der Waals surface area contributed by atoms with Gasteiger partial charge in [0.15, 0.2) is 5.75 Å². The lowest BCUT2D eigenvalue weighted by Gasteiger charge is -2.35. The van der Waals surface area contributed by atoms with Crippen molar-refractivity contribution < 1.29 is 14.3 Å². The third kappa shape index (κ3) is 4.94. The van der Waals surface area contributed by atoms with Crippen LogP contribution in [0.5, 0.6) is 11.5 Å². The Morgan fingerprint density at radius 1 is 1.06 bits per heavy atom. The minimum atomic E-state index is -0.465. The second kappa shape index (κ2) is 10.4. The van der Waals surface area contributed by atoms with Crippen molar-refractivity contribution in [2.24, 2.45) is 0 Å². The van der Waals surface area contributed by atoms with Crippen molar-refractivity contribution in [2.75, 3.05) is 19.0 Å². The Morgan fingerprint density at radius 3 is 2.63 bits per heavy atom. The lowest BCUT2D eigenvalue weighted by Crippen LogP contribution is -2.42. The molecule has 1 atom stereocenters. The Morgan fingerprint density at radius 2 is 1.86 bits per heavy atom. The molecule has 0 aliphatic carbocycles. The molecule has 1 N–H and O–H groups in total. The smallest absolute Gasteiger partial charge is 0.416 e. The van der Waals surface area contributed by atoms with Gasteiger partial charge in [0, 0.05) is 34.0 Å². The van der Waals surface area contributed by atoms with E-state index in [1.54, 1.807) is 29.2 Å². The number of hydrogen-bond donors (Lipinski definition) is 1. The van der Waals surface area contributed by atoms with Crippen LogP contribution in [0.3, 0.4) is 0 Å². The highest BCUT2D eigenvalue weighted by Crippen LogP contribution is 2.40. The van der Waals surface area contributed by atoms with Gasteiger partial charge in [0.25, 0.3) is 0 Å². The third-order valence-electron chi connectivity index (χ3n) is 6.10. The maximum absolute atomic E-state index is 13.4. The van der Waals surface area contributed by atoms with E-state index in [9.17, 15) is 4.79 Å². The molecular formula is C27H23Cl3N2O3. The molecule has 1 aliphatic rings. The predicted octanol–water partition coefficient (Wildman–Crippen LogP) is 7.63. The van der Waals surface area contributed by atoms with Gasteiger partial charge in [-0.2, -0.15) is 0 Å². The van der Waals surface area contributed by atoms with Crippen LogP contribution in [0.2, 0.25) is 10.0 Å². The number of benzene rings is 3. The summed E-state index contributed by atoms with van der Waals surface area (Å²) < 4.78 is 11.5. The van der Waals surface area contributed by atoms with Crippen LogP contribution in [-0.4, -0.2) is 35.0 Å². The van der Waals surface area contributed by atoms with Crippen LogP contribution < -0.4 is 9.47 Å². The zero-order chi connectivity index (χ0) is 24.4. The first-order chi connectivity index (χ1) is 17.0. The number of ether oxygens (including phenoxy) is 2. The molecule has 1 unspecified atom stereocenters. The molecule has 0 saturated carbocycles. The number of carbonyl (C=O) groups excluding carboxylic acids is 1. The number of rotatable bonds is 6. The van der Waals surface area contributed by atoms with E-state index >= 15 is 0 Å². The van der Waals surface area contributed by atoms with Gasteiger partial charge in [-0.15, -0.1) is 11.6 Å². The molecule has 8 heteroatoms. The van der Waals surface area contributed by atoms with Crippen molar-refractivity contribution in [3.8, 4) is 11.5 Å². The number of amides is 1. The van der Waals surface area contributed by atoms with E-state index in [-0.39, 0.29) is 6.04 Å². The van der Waals surface area contributed by atoms with Crippen molar-refractivity contribution >= 4 is 51.8 Å². The summed E-state index contributed by atoms with van der Waals surface area (Å²) in [5, 5.41) is 2.13. The molecule has 0 fully saturated rings. The Balaban J connectivity index is 1.52. The average molecular weight is 530 g/mol. The fourth-order valence-electron chi connectivity index (χ4n) is 4.48. The summed E-state index contributed by atoms with van der Waals surface area (Å²) in [5.74, 6) is 1.63. The highest BCUT2D eigenvalue weighted by atomic mass is 35.5. The quantitative estimate of drug-likeness (QED) is 0.206. The van der Waals surface area contributed by atoms with Gasteiger partial charge in [-0.1, -0.05) is 47.5 Å². The van der Waals surface area contributed by atoms with Crippen molar-refractivity contribution in [1.82, 2.24) is 9.88 Å². The number of H-pyrrole nitrogens is 1. The first-order valence-electron chi connectivity index (χ1n) is 11.4. The number of nitrogens with one attached hydrogen (secondary N) is 1. The third-order valence-corrected chi connectivity index (χ3v) is 6.91. The first-order valence-corrected chi connectivity index (χ1v) is 12.7. The molecule has 0 bridgehead atoms. The second-order valence-electron chi connectivity index (χ2n) is 8.31. The highest BCUT2D eigenvalue weighted by Gasteiger charge is 2.36. The SMILES string of the molecule is O=C(Oc1ccccc1Cl)N1CCc2c([nH]c3ccc(Cl)cc23)C1c1ccc(OCCCCl)cc1. The Labute approximate surface area is 218 Å². The Kier molecular flexibility index (Phi) is 7.09. The first kappa shape index (κ1) is 23.9. The van der Waals surface area contributed by atoms with Gasteiger partial charge in [0.1, 0.15) is 11.8 Å². The van der Waals surface area contributed by atoms with Crippen LogP contribution >= 0.6 is 34.8 Å². The molecule has 5 nitrogen and oxygen atoms in total. The van der Waals surface area contributed by atoms with Crippen LogP contribution in [0, 0.1) is 0 Å². The normalized spacial score (nSPS) is 15.2. The molecule has 5 rings (SSSR count). The number of alkyl halides is 1. The molecule has 1 aromatic heterocycles. The number of aromatic amines is 1. The molecule has 0 spiro atoms. The lowest BCUT2D eigenvalue weighted by molar-refractivity contribution is 0.135. The predicted molar refractivity (Wildman–Crippen MR) is 140 cm³/mol. The van der Waals surface area contributed by atoms with E-state index in [0.717, 1.165) is 39.9 Å².